The van der Waals surface area contributed by atoms with Crippen molar-refractivity contribution in [3.63, 3.8) is 0 Å². The van der Waals surface area contributed by atoms with Crippen molar-refractivity contribution < 1.29 is 9.53 Å². The Kier molecular flexibility index (Phi) is 4.91. The molecule has 0 saturated carbocycles. The first-order chi connectivity index (χ1) is 8.69. The Bertz CT molecular complexity index is 436. The molecule has 1 aromatic rings. The number of halogens is 1. The van der Waals surface area contributed by atoms with Gasteiger partial charge in [-0.15, -0.1) is 0 Å². The standard InChI is InChI=1S/C12H15BrN2O2S/c1-17-10-5-8(13)4-9(6-10)15-12(16)11-7-18-3-2-14-11/h4-6,11,14H,2-3,7H2,1H3,(H,15,16). The largest absolute Gasteiger partial charge is 0.497 e. The molecule has 98 valence electrons. The van der Waals surface area contributed by atoms with E-state index in [0.717, 1.165) is 28.2 Å². The van der Waals surface area contributed by atoms with Gasteiger partial charge in [-0.05, 0) is 12.1 Å². The van der Waals surface area contributed by atoms with Crippen LogP contribution in [0.1, 0.15) is 0 Å². The molecule has 1 amide bonds. The number of hydrogen-bond donors (Lipinski definition) is 2. The second kappa shape index (κ2) is 6.45. The van der Waals surface area contributed by atoms with Crippen LogP contribution >= 0.6 is 27.7 Å². The van der Waals surface area contributed by atoms with Crippen molar-refractivity contribution in [1.82, 2.24) is 5.32 Å². The number of methoxy groups -OCH3 is 1. The van der Waals surface area contributed by atoms with Crippen molar-refractivity contribution in [2.24, 2.45) is 0 Å². The average molecular weight is 331 g/mol. The Morgan fingerprint density at radius 3 is 3.06 bits per heavy atom. The highest BCUT2D eigenvalue weighted by atomic mass is 79.9. The first-order valence-corrected chi connectivity index (χ1v) is 7.60. The van der Waals surface area contributed by atoms with Crippen LogP contribution in [-0.2, 0) is 4.79 Å². The Morgan fingerprint density at radius 2 is 2.39 bits per heavy atom. The molecule has 1 atom stereocenters. The number of rotatable bonds is 3. The monoisotopic (exact) mass is 330 g/mol. The molecule has 2 N–H and O–H groups in total. The van der Waals surface area contributed by atoms with Crippen LogP contribution in [0.2, 0.25) is 0 Å². The molecule has 1 saturated heterocycles. The van der Waals surface area contributed by atoms with E-state index in [1.54, 1.807) is 24.9 Å². The van der Waals surface area contributed by atoms with Crippen LogP contribution in [0, 0.1) is 0 Å². The third kappa shape index (κ3) is 3.63. The van der Waals surface area contributed by atoms with Crippen LogP contribution in [0.15, 0.2) is 22.7 Å². The smallest absolute Gasteiger partial charge is 0.242 e. The van der Waals surface area contributed by atoms with Gasteiger partial charge in [-0.3, -0.25) is 4.79 Å². The van der Waals surface area contributed by atoms with Crippen molar-refractivity contribution in [2.45, 2.75) is 6.04 Å². The maximum atomic E-state index is 12.0. The molecule has 1 aliphatic rings. The van der Waals surface area contributed by atoms with Crippen LogP contribution in [0.4, 0.5) is 5.69 Å². The Labute approximate surface area is 119 Å². The van der Waals surface area contributed by atoms with Gasteiger partial charge in [-0.1, -0.05) is 15.9 Å². The van der Waals surface area contributed by atoms with Crippen LogP contribution in [0.5, 0.6) is 5.75 Å². The third-order valence-electron chi connectivity index (χ3n) is 2.61. The molecule has 0 bridgehead atoms. The molecule has 1 fully saturated rings. The summed E-state index contributed by atoms with van der Waals surface area (Å²) in [5.41, 5.74) is 0.739. The number of carbonyl (C=O) groups is 1. The number of thioether (sulfide) groups is 1. The van der Waals surface area contributed by atoms with Crippen LogP contribution < -0.4 is 15.4 Å². The molecular weight excluding hydrogens is 316 g/mol. The summed E-state index contributed by atoms with van der Waals surface area (Å²) >= 11 is 5.18. The first kappa shape index (κ1) is 13.7. The molecule has 0 radical (unpaired) electrons. The van der Waals surface area contributed by atoms with E-state index in [4.69, 9.17) is 4.74 Å². The molecule has 2 rings (SSSR count). The lowest BCUT2D eigenvalue weighted by Gasteiger charge is -2.22. The first-order valence-electron chi connectivity index (χ1n) is 5.65. The van der Waals surface area contributed by atoms with Gasteiger partial charge in [0.15, 0.2) is 0 Å². The Hall–Kier alpha value is -0.720. The van der Waals surface area contributed by atoms with Crippen molar-refractivity contribution >= 4 is 39.3 Å². The SMILES string of the molecule is COc1cc(Br)cc(NC(=O)C2CSCCN2)c1. The summed E-state index contributed by atoms with van der Waals surface area (Å²) < 4.78 is 6.04. The number of amides is 1. The normalized spacial score (nSPS) is 19.3. The Morgan fingerprint density at radius 1 is 1.56 bits per heavy atom. The van der Waals surface area contributed by atoms with Gasteiger partial charge in [0.1, 0.15) is 5.75 Å². The fraction of sp³-hybridized carbons (Fsp3) is 0.417. The second-order valence-corrected chi connectivity index (χ2v) is 6.02. The van der Waals surface area contributed by atoms with Crippen LogP contribution in [-0.4, -0.2) is 37.1 Å². The number of nitrogens with one attached hydrogen (secondary N) is 2. The molecule has 1 aliphatic heterocycles. The molecule has 1 heterocycles. The summed E-state index contributed by atoms with van der Waals surface area (Å²) in [4.78, 5) is 12.0. The number of ether oxygens (including phenoxy) is 1. The minimum atomic E-state index is -0.117. The lowest BCUT2D eigenvalue weighted by Crippen LogP contribution is -2.46. The number of carbonyl (C=O) groups excluding carboxylic acids is 1. The van der Waals surface area contributed by atoms with Gasteiger partial charge in [0, 0.05) is 34.3 Å². The quantitative estimate of drug-likeness (QED) is 0.891. The topological polar surface area (TPSA) is 50.4 Å². The molecule has 1 unspecified atom stereocenters. The predicted molar refractivity (Wildman–Crippen MR) is 78.4 cm³/mol. The highest BCUT2D eigenvalue weighted by Gasteiger charge is 2.20. The molecule has 18 heavy (non-hydrogen) atoms. The fourth-order valence-electron chi connectivity index (χ4n) is 1.72. The number of anilines is 1. The van der Waals surface area contributed by atoms with Gasteiger partial charge in [-0.25, -0.2) is 0 Å². The van der Waals surface area contributed by atoms with E-state index in [2.05, 4.69) is 26.6 Å². The van der Waals surface area contributed by atoms with Crippen molar-refractivity contribution in [3.8, 4) is 5.75 Å². The van der Waals surface area contributed by atoms with Gasteiger partial charge in [-0.2, -0.15) is 11.8 Å². The zero-order chi connectivity index (χ0) is 13.0. The third-order valence-corrected chi connectivity index (χ3v) is 4.13. The molecule has 4 nitrogen and oxygen atoms in total. The lowest BCUT2D eigenvalue weighted by atomic mass is 10.2. The minimum absolute atomic E-state index is 0.00218. The maximum Gasteiger partial charge on any atom is 0.242 e. The summed E-state index contributed by atoms with van der Waals surface area (Å²) in [6, 6.07) is 5.40. The maximum absolute atomic E-state index is 12.0. The van der Waals surface area contributed by atoms with E-state index < -0.39 is 0 Å². The molecular formula is C12H15BrN2O2S. The van der Waals surface area contributed by atoms with E-state index in [0.29, 0.717) is 5.75 Å². The van der Waals surface area contributed by atoms with Gasteiger partial charge in [0.25, 0.3) is 0 Å². The van der Waals surface area contributed by atoms with Gasteiger partial charge in [0.2, 0.25) is 5.91 Å². The summed E-state index contributed by atoms with van der Waals surface area (Å²) in [6.07, 6.45) is 0. The highest BCUT2D eigenvalue weighted by Crippen LogP contribution is 2.24. The fourth-order valence-corrected chi connectivity index (χ4v) is 3.12. The van der Waals surface area contributed by atoms with E-state index in [9.17, 15) is 4.79 Å². The van der Waals surface area contributed by atoms with Crippen LogP contribution in [0.25, 0.3) is 0 Å². The van der Waals surface area contributed by atoms with E-state index in [1.165, 1.54) is 0 Å². The second-order valence-electron chi connectivity index (χ2n) is 3.95. The van der Waals surface area contributed by atoms with Crippen molar-refractivity contribution in [1.29, 1.82) is 0 Å². The zero-order valence-electron chi connectivity index (χ0n) is 10.0. The van der Waals surface area contributed by atoms with Gasteiger partial charge in [0.05, 0.1) is 13.2 Å². The molecule has 1 aromatic carbocycles. The highest BCUT2D eigenvalue weighted by molar-refractivity contribution is 9.10. The summed E-state index contributed by atoms with van der Waals surface area (Å²) in [5, 5.41) is 6.11. The molecule has 0 aromatic heterocycles. The van der Waals surface area contributed by atoms with Crippen molar-refractivity contribution in [3.05, 3.63) is 22.7 Å². The average Bonchev–Trinajstić information content (AvgIpc) is 2.39. The molecule has 6 heteroatoms. The molecule has 0 aliphatic carbocycles. The lowest BCUT2D eigenvalue weighted by molar-refractivity contribution is -0.117. The zero-order valence-corrected chi connectivity index (χ0v) is 12.4. The van der Waals surface area contributed by atoms with E-state index in [1.807, 2.05) is 12.1 Å². The van der Waals surface area contributed by atoms with Crippen LogP contribution in [0.3, 0.4) is 0 Å². The van der Waals surface area contributed by atoms with Gasteiger partial charge >= 0.3 is 0 Å². The summed E-state index contributed by atoms with van der Waals surface area (Å²) in [5.74, 6) is 2.60. The summed E-state index contributed by atoms with van der Waals surface area (Å²) in [6.45, 7) is 0.880. The van der Waals surface area contributed by atoms with E-state index >= 15 is 0 Å². The van der Waals surface area contributed by atoms with Gasteiger partial charge < -0.3 is 15.4 Å². The van der Waals surface area contributed by atoms with Crippen molar-refractivity contribution in [2.75, 3.05) is 30.5 Å². The minimum Gasteiger partial charge on any atom is -0.497 e. The summed E-state index contributed by atoms with van der Waals surface area (Å²) in [7, 11) is 1.60. The number of hydrogen-bond acceptors (Lipinski definition) is 4. The Balaban J connectivity index is 2.03. The van der Waals surface area contributed by atoms with E-state index in [-0.39, 0.29) is 11.9 Å². The number of benzene rings is 1. The molecule has 0 spiro atoms. The predicted octanol–water partition coefficient (Wildman–Crippen LogP) is 2.10.